The number of hydrogen-bond acceptors (Lipinski definition) is 1. The molecule has 0 spiro atoms. The fourth-order valence-electron chi connectivity index (χ4n) is 4.10. The molecule has 0 aliphatic heterocycles. The van der Waals surface area contributed by atoms with Gasteiger partial charge in [0.25, 0.3) is 0 Å². The van der Waals surface area contributed by atoms with E-state index in [0.717, 1.165) is 11.9 Å². The molecule has 0 bridgehead atoms. The summed E-state index contributed by atoms with van der Waals surface area (Å²) in [5.41, 5.74) is 9.05. The minimum atomic E-state index is 0.360. The number of para-hydroxylation sites is 1. The Balaban J connectivity index is 2.10. The molecule has 1 aromatic heterocycles. The summed E-state index contributed by atoms with van der Waals surface area (Å²) in [5.74, 6) is 0.978. The van der Waals surface area contributed by atoms with E-state index in [1.54, 1.807) is 0 Å². The minimum absolute atomic E-state index is 0.360. The molecule has 2 aromatic carbocycles. The molecular formula is C25H27N. The van der Waals surface area contributed by atoms with Crippen LogP contribution in [0.3, 0.4) is 0 Å². The van der Waals surface area contributed by atoms with Crippen LogP contribution in [0.1, 0.15) is 61.8 Å². The molecule has 0 N–H and O–H groups in total. The van der Waals surface area contributed by atoms with Gasteiger partial charge in [-0.05, 0) is 55.9 Å². The molecule has 1 aliphatic rings. The van der Waals surface area contributed by atoms with E-state index in [2.05, 4.69) is 75.9 Å². The lowest BCUT2D eigenvalue weighted by molar-refractivity contribution is 0.745. The van der Waals surface area contributed by atoms with Crippen LogP contribution in [0, 0.1) is 6.92 Å². The van der Waals surface area contributed by atoms with Crippen molar-refractivity contribution in [3.63, 3.8) is 0 Å². The minimum Gasteiger partial charge on any atom is -0.252 e. The zero-order chi connectivity index (χ0) is 18.3. The molecule has 0 saturated heterocycles. The van der Waals surface area contributed by atoms with Crippen LogP contribution in [0.15, 0.2) is 60.7 Å². The van der Waals surface area contributed by atoms with E-state index in [9.17, 15) is 0 Å². The molecule has 1 nitrogen and oxygen atoms in total. The molecule has 1 aliphatic carbocycles. The van der Waals surface area contributed by atoms with Crippen LogP contribution in [-0.2, 0) is 0 Å². The average molecular weight is 341 g/mol. The van der Waals surface area contributed by atoms with Gasteiger partial charge >= 0.3 is 0 Å². The monoisotopic (exact) mass is 341 g/mol. The fraction of sp³-hybridized carbons (Fsp3) is 0.320. The second-order valence-electron chi connectivity index (χ2n) is 7.75. The van der Waals surface area contributed by atoms with Crippen molar-refractivity contribution in [1.29, 1.82) is 0 Å². The Morgan fingerprint density at radius 3 is 2.42 bits per heavy atom. The molecule has 1 unspecified atom stereocenters. The van der Waals surface area contributed by atoms with Gasteiger partial charge in [-0.1, -0.05) is 67.1 Å². The van der Waals surface area contributed by atoms with Gasteiger partial charge in [0.1, 0.15) is 0 Å². The molecular weight excluding hydrogens is 314 g/mol. The Morgan fingerprint density at radius 1 is 1.12 bits per heavy atom. The van der Waals surface area contributed by atoms with Crippen molar-refractivity contribution in [2.75, 3.05) is 0 Å². The second kappa shape index (κ2) is 6.72. The van der Waals surface area contributed by atoms with Gasteiger partial charge in [0.2, 0.25) is 0 Å². The first-order valence-electron chi connectivity index (χ1n) is 9.75. The van der Waals surface area contributed by atoms with Crippen LogP contribution in [0.5, 0.6) is 0 Å². The quantitative estimate of drug-likeness (QED) is 0.449. The van der Waals surface area contributed by atoms with E-state index in [-0.39, 0.29) is 0 Å². The molecule has 1 atom stereocenters. The van der Waals surface area contributed by atoms with Crippen molar-refractivity contribution in [2.24, 2.45) is 0 Å². The van der Waals surface area contributed by atoms with Crippen LogP contribution >= 0.6 is 0 Å². The highest BCUT2D eigenvalue weighted by atomic mass is 14.7. The number of rotatable bonds is 5. The van der Waals surface area contributed by atoms with E-state index in [4.69, 9.17) is 4.98 Å². The predicted molar refractivity (Wildman–Crippen MR) is 112 cm³/mol. The van der Waals surface area contributed by atoms with Crippen molar-refractivity contribution < 1.29 is 0 Å². The van der Waals surface area contributed by atoms with Gasteiger partial charge in [0, 0.05) is 22.9 Å². The van der Waals surface area contributed by atoms with E-state index >= 15 is 0 Å². The summed E-state index contributed by atoms with van der Waals surface area (Å²) in [4.78, 5) is 5.15. The van der Waals surface area contributed by atoms with Crippen molar-refractivity contribution in [3.05, 3.63) is 77.5 Å². The molecule has 1 saturated carbocycles. The van der Waals surface area contributed by atoms with Crippen molar-refractivity contribution in [1.82, 2.24) is 4.98 Å². The number of aryl methyl sites for hydroxylation is 1. The van der Waals surface area contributed by atoms with Gasteiger partial charge in [-0.2, -0.15) is 0 Å². The van der Waals surface area contributed by atoms with Crippen molar-refractivity contribution in [2.45, 2.75) is 51.9 Å². The Kier molecular flexibility index (Phi) is 4.40. The molecule has 3 aromatic rings. The maximum absolute atomic E-state index is 5.15. The van der Waals surface area contributed by atoms with Gasteiger partial charge in [0.15, 0.2) is 0 Å². The lowest BCUT2D eigenvalue weighted by Gasteiger charge is -2.24. The van der Waals surface area contributed by atoms with E-state index in [1.165, 1.54) is 51.7 Å². The maximum atomic E-state index is 5.15. The molecule has 1 heteroatoms. The molecule has 0 amide bonds. The van der Waals surface area contributed by atoms with Crippen LogP contribution in [0.4, 0.5) is 0 Å². The lowest BCUT2D eigenvalue weighted by Crippen LogP contribution is -2.08. The molecule has 4 rings (SSSR count). The summed E-state index contributed by atoms with van der Waals surface area (Å²) < 4.78 is 0. The first-order chi connectivity index (χ1) is 12.6. The number of nitrogens with zero attached hydrogens (tertiary/aromatic N) is 1. The number of allylic oxidation sites excluding steroid dienone is 1. The van der Waals surface area contributed by atoms with Crippen LogP contribution < -0.4 is 0 Å². The average Bonchev–Trinajstić information content (AvgIpc) is 3.47. The lowest BCUT2D eigenvalue weighted by atomic mass is 9.81. The number of benzene rings is 2. The molecule has 26 heavy (non-hydrogen) atoms. The van der Waals surface area contributed by atoms with Gasteiger partial charge in [-0.25, -0.2) is 0 Å². The maximum Gasteiger partial charge on any atom is 0.0711 e. The number of fused-ring (bicyclic) bond motifs is 1. The summed E-state index contributed by atoms with van der Waals surface area (Å²) in [5, 5.41) is 1.26. The zero-order valence-corrected chi connectivity index (χ0v) is 16.0. The van der Waals surface area contributed by atoms with Gasteiger partial charge in [-0.15, -0.1) is 0 Å². The molecule has 132 valence electrons. The summed E-state index contributed by atoms with van der Waals surface area (Å²) in [7, 11) is 0. The smallest absolute Gasteiger partial charge is 0.0711 e. The highest BCUT2D eigenvalue weighted by Gasteiger charge is 2.32. The molecule has 1 heterocycles. The predicted octanol–water partition coefficient (Wildman–Crippen LogP) is 7.16. The third kappa shape index (κ3) is 2.96. The Morgan fingerprint density at radius 2 is 1.81 bits per heavy atom. The van der Waals surface area contributed by atoms with Crippen LogP contribution in [0.25, 0.3) is 22.0 Å². The number of aromatic nitrogens is 1. The standard InChI is InChI=1S/C25H27N/c1-5-20(16(2)3)24-23(18-12-10-17(4)11-13-18)21-8-6-7-9-22(21)26-25(24)19-14-15-19/h6-13,19-20H,2,5,14-15H2,1,3-4H3. The first-order valence-corrected chi connectivity index (χ1v) is 9.75. The van der Waals surface area contributed by atoms with E-state index in [1.807, 2.05) is 0 Å². The Labute approximate surface area is 156 Å². The highest BCUT2D eigenvalue weighted by Crippen LogP contribution is 2.48. The molecule has 0 radical (unpaired) electrons. The first kappa shape index (κ1) is 17.0. The second-order valence-corrected chi connectivity index (χ2v) is 7.75. The van der Waals surface area contributed by atoms with E-state index < -0.39 is 0 Å². The third-order valence-electron chi connectivity index (χ3n) is 5.62. The topological polar surface area (TPSA) is 12.9 Å². The highest BCUT2D eigenvalue weighted by molar-refractivity contribution is 5.97. The number of hydrogen-bond donors (Lipinski definition) is 0. The Hall–Kier alpha value is -2.41. The van der Waals surface area contributed by atoms with Gasteiger partial charge in [-0.3, -0.25) is 4.98 Å². The van der Waals surface area contributed by atoms with Crippen LogP contribution in [0.2, 0.25) is 0 Å². The summed E-state index contributed by atoms with van der Waals surface area (Å²) in [6.07, 6.45) is 3.59. The summed E-state index contributed by atoms with van der Waals surface area (Å²) in [6.45, 7) is 10.9. The zero-order valence-electron chi connectivity index (χ0n) is 16.0. The van der Waals surface area contributed by atoms with Gasteiger partial charge < -0.3 is 0 Å². The summed E-state index contributed by atoms with van der Waals surface area (Å²) >= 11 is 0. The van der Waals surface area contributed by atoms with Crippen molar-refractivity contribution in [3.8, 4) is 11.1 Å². The SMILES string of the molecule is C=C(C)C(CC)c1c(C2CC2)nc2ccccc2c1-c1ccc(C)cc1. The fourth-order valence-corrected chi connectivity index (χ4v) is 4.10. The third-order valence-corrected chi connectivity index (χ3v) is 5.62. The van der Waals surface area contributed by atoms with Gasteiger partial charge in [0.05, 0.1) is 5.52 Å². The van der Waals surface area contributed by atoms with Crippen LogP contribution in [-0.4, -0.2) is 4.98 Å². The number of pyridine rings is 1. The Bertz CT molecular complexity index is 961. The normalized spacial score (nSPS) is 15.2. The largest absolute Gasteiger partial charge is 0.252 e. The summed E-state index contributed by atoms with van der Waals surface area (Å²) in [6, 6.07) is 17.6. The van der Waals surface area contributed by atoms with E-state index in [0.29, 0.717) is 11.8 Å². The molecule has 1 fully saturated rings. The van der Waals surface area contributed by atoms with Crippen molar-refractivity contribution >= 4 is 10.9 Å².